The van der Waals surface area contributed by atoms with Crippen molar-refractivity contribution in [3.63, 3.8) is 0 Å². The van der Waals surface area contributed by atoms with E-state index in [4.69, 9.17) is 4.74 Å². The van der Waals surface area contributed by atoms with E-state index in [0.29, 0.717) is 17.9 Å². The average molecular weight is 439 g/mol. The molecule has 0 spiro atoms. The number of nitrogens with one attached hydrogen (secondary N) is 2. The molecule has 1 saturated heterocycles. The molecule has 170 valence electrons. The van der Waals surface area contributed by atoms with E-state index in [9.17, 15) is 14.4 Å². The van der Waals surface area contributed by atoms with Crippen molar-refractivity contribution in [2.75, 3.05) is 13.6 Å². The van der Waals surface area contributed by atoms with Gasteiger partial charge in [0.2, 0.25) is 0 Å². The number of amides is 1. The molecule has 3 unspecified atom stereocenters. The van der Waals surface area contributed by atoms with Crippen LogP contribution in [0.1, 0.15) is 50.3 Å². The molecule has 6 nitrogen and oxygen atoms in total. The van der Waals surface area contributed by atoms with E-state index in [1.807, 2.05) is 13.8 Å². The Balaban J connectivity index is 1.49. The molecule has 2 N–H and O–H groups in total. The van der Waals surface area contributed by atoms with Gasteiger partial charge in [0.25, 0.3) is 5.91 Å². The second-order valence-electron chi connectivity index (χ2n) is 8.62. The number of hydrogen-bond donors (Lipinski definition) is 2. The Labute approximate surface area is 189 Å². The fourth-order valence-corrected chi connectivity index (χ4v) is 3.90. The first kappa shape index (κ1) is 23.7. The van der Waals surface area contributed by atoms with Crippen molar-refractivity contribution in [2.45, 2.75) is 51.3 Å². The predicted molar refractivity (Wildman–Crippen MR) is 121 cm³/mol. The quantitative estimate of drug-likeness (QED) is 0.620. The van der Waals surface area contributed by atoms with Crippen molar-refractivity contribution in [2.24, 2.45) is 5.92 Å². The smallest absolute Gasteiger partial charge is 0.263 e. The Bertz CT molecular complexity index is 942. The zero-order valence-corrected chi connectivity index (χ0v) is 18.8. The summed E-state index contributed by atoms with van der Waals surface area (Å²) < 4.78 is 19.1. The highest BCUT2D eigenvalue weighted by molar-refractivity contribution is 5.81. The maximum Gasteiger partial charge on any atom is 0.263 e. The van der Waals surface area contributed by atoms with E-state index in [1.165, 1.54) is 12.1 Å². The molecule has 1 amide bonds. The van der Waals surface area contributed by atoms with Gasteiger partial charge in [-0.15, -0.1) is 0 Å². The van der Waals surface area contributed by atoms with Crippen molar-refractivity contribution >= 4 is 5.91 Å². The van der Waals surface area contributed by atoms with Crippen LogP contribution in [-0.2, 0) is 4.79 Å². The van der Waals surface area contributed by atoms with Crippen LogP contribution in [0.25, 0.3) is 0 Å². The molecule has 0 radical (unpaired) electrons. The highest BCUT2D eigenvalue weighted by Gasteiger charge is 2.29. The van der Waals surface area contributed by atoms with Gasteiger partial charge in [-0.3, -0.25) is 15.6 Å². The third-order valence-corrected chi connectivity index (χ3v) is 5.79. The van der Waals surface area contributed by atoms with Crippen molar-refractivity contribution in [1.82, 2.24) is 15.8 Å². The zero-order valence-electron chi connectivity index (χ0n) is 18.8. The standard InChI is InChI=1S/C25H31FN4O2/c1-17(2)24(32-23-9-5-4-7-19(23)16-27)25(31)30(3)14-6-8-21-15-22(29-28-21)18-10-12-20(26)13-11-18/h4-5,7,9-13,17,21-22,24,28-29H,6,8,14-15H2,1-3H3. The van der Waals surface area contributed by atoms with Crippen LogP contribution < -0.4 is 15.6 Å². The Morgan fingerprint density at radius 3 is 2.62 bits per heavy atom. The highest BCUT2D eigenvalue weighted by atomic mass is 19.1. The normalized spacial score (nSPS) is 18.9. The number of nitrogens with zero attached hydrogens (tertiary/aromatic N) is 2. The van der Waals surface area contributed by atoms with Crippen LogP contribution in [0.5, 0.6) is 5.75 Å². The molecule has 1 aliphatic rings. The molecule has 7 heteroatoms. The summed E-state index contributed by atoms with van der Waals surface area (Å²) in [6.07, 6.45) is 2.01. The number of ether oxygens (including phenoxy) is 1. The van der Waals surface area contributed by atoms with E-state index >= 15 is 0 Å². The summed E-state index contributed by atoms with van der Waals surface area (Å²) in [6.45, 7) is 4.49. The molecule has 2 aromatic carbocycles. The van der Waals surface area contributed by atoms with Gasteiger partial charge in [-0.1, -0.05) is 38.1 Å². The Kier molecular flexibility index (Phi) is 8.20. The van der Waals surface area contributed by atoms with E-state index in [2.05, 4.69) is 16.9 Å². The summed E-state index contributed by atoms with van der Waals surface area (Å²) in [5.74, 6) is 0.0792. The largest absolute Gasteiger partial charge is 0.479 e. The fourth-order valence-electron chi connectivity index (χ4n) is 3.90. The summed E-state index contributed by atoms with van der Waals surface area (Å²) in [5, 5.41) is 9.29. The second-order valence-corrected chi connectivity index (χ2v) is 8.62. The van der Waals surface area contributed by atoms with Crippen LogP contribution in [-0.4, -0.2) is 36.5 Å². The van der Waals surface area contributed by atoms with Crippen LogP contribution in [0.3, 0.4) is 0 Å². The Hall–Kier alpha value is -2.95. The van der Waals surface area contributed by atoms with Gasteiger partial charge in [-0.25, -0.2) is 4.39 Å². The van der Waals surface area contributed by atoms with Gasteiger partial charge in [0.15, 0.2) is 6.10 Å². The zero-order chi connectivity index (χ0) is 23.1. The molecule has 0 saturated carbocycles. The van der Waals surface area contributed by atoms with Gasteiger partial charge in [-0.2, -0.15) is 5.26 Å². The van der Waals surface area contributed by atoms with Crippen molar-refractivity contribution in [3.8, 4) is 11.8 Å². The van der Waals surface area contributed by atoms with Crippen LogP contribution >= 0.6 is 0 Å². The van der Waals surface area contributed by atoms with Crippen molar-refractivity contribution < 1.29 is 13.9 Å². The summed E-state index contributed by atoms with van der Waals surface area (Å²) in [6, 6.07) is 16.1. The third-order valence-electron chi connectivity index (χ3n) is 5.79. The first-order valence-electron chi connectivity index (χ1n) is 11.1. The number of benzene rings is 2. The highest BCUT2D eigenvalue weighted by Crippen LogP contribution is 2.25. The Morgan fingerprint density at radius 1 is 1.22 bits per heavy atom. The second kappa shape index (κ2) is 11.1. The first-order valence-corrected chi connectivity index (χ1v) is 11.1. The van der Waals surface area contributed by atoms with Crippen molar-refractivity contribution in [3.05, 3.63) is 65.5 Å². The maximum absolute atomic E-state index is 13.1. The maximum atomic E-state index is 13.1. The molecule has 3 atom stereocenters. The van der Waals surface area contributed by atoms with Crippen LogP contribution in [0, 0.1) is 23.1 Å². The molecule has 0 aliphatic carbocycles. The molecular weight excluding hydrogens is 407 g/mol. The number of rotatable bonds is 9. The number of hydrogen-bond acceptors (Lipinski definition) is 5. The van der Waals surface area contributed by atoms with Gasteiger partial charge in [0, 0.05) is 25.7 Å². The summed E-state index contributed by atoms with van der Waals surface area (Å²) in [4.78, 5) is 14.7. The minimum absolute atomic E-state index is 0.0335. The lowest BCUT2D eigenvalue weighted by Crippen LogP contribution is -2.43. The minimum atomic E-state index is -0.649. The number of halogens is 1. The molecule has 1 aliphatic heterocycles. The van der Waals surface area contributed by atoms with Gasteiger partial charge < -0.3 is 9.64 Å². The van der Waals surface area contributed by atoms with E-state index in [-0.39, 0.29) is 29.7 Å². The van der Waals surface area contributed by atoms with Crippen LogP contribution in [0.4, 0.5) is 4.39 Å². The molecule has 0 bridgehead atoms. The summed E-state index contributed by atoms with van der Waals surface area (Å²) in [7, 11) is 1.79. The number of likely N-dealkylation sites (N-methyl/N-ethyl adjacent to an activating group) is 1. The average Bonchev–Trinajstić information content (AvgIpc) is 3.26. The lowest BCUT2D eigenvalue weighted by molar-refractivity contribution is -0.139. The van der Waals surface area contributed by atoms with Gasteiger partial charge >= 0.3 is 0 Å². The van der Waals surface area contributed by atoms with Crippen molar-refractivity contribution in [1.29, 1.82) is 5.26 Å². The molecule has 0 aromatic heterocycles. The molecule has 1 heterocycles. The number of carbonyl (C=O) groups excluding carboxylic acids is 1. The number of hydrazine groups is 1. The summed E-state index contributed by atoms with van der Waals surface area (Å²) in [5.41, 5.74) is 8.06. The Morgan fingerprint density at radius 2 is 1.94 bits per heavy atom. The van der Waals surface area contributed by atoms with Gasteiger partial charge in [0.1, 0.15) is 17.6 Å². The predicted octanol–water partition coefficient (Wildman–Crippen LogP) is 3.95. The van der Waals surface area contributed by atoms with Gasteiger partial charge in [0.05, 0.1) is 5.56 Å². The van der Waals surface area contributed by atoms with E-state index in [0.717, 1.165) is 24.8 Å². The fraction of sp³-hybridized carbons (Fsp3) is 0.440. The van der Waals surface area contributed by atoms with E-state index < -0.39 is 6.10 Å². The first-order chi connectivity index (χ1) is 15.4. The van der Waals surface area contributed by atoms with Crippen LogP contribution in [0.15, 0.2) is 48.5 Å². The lowest BCUT2D eigenvalue weighted by Gasteiger charge is -2.27. The minimum Gasteiger partial charge on any atom is -0.479 e. The molecular formula is C25H31FN4O2. The number of carbonyl (C=O) groups is 1. The summed E-state index contributed by atoms with van der Waals surface area (Å²) >= 11 is 0. The topological polar surface area (TPSA) is 77.4 Å². The monoisotopic (exact) mass is 438 g/mol. The van der Waals surface area contributed by atoms with E-state index in [1.54, 1.807) is 48.3 Å². The number of nitriles is 1. The van der Waals surface area contributed by atoms with Crippen LogP contribution in [0.2, 0.25) is 0 Å². The van der Waals surface area contributed by atoms with Gasteiger partial charge in [-0.05, 0) is 55.0 Å². The molecule has 3 rings (SSSR count). The third kappa shape index (κ3) is 6.06. The lowest BCUT2D eigenvalue weighted by atomic mass is 9.99. The molecule has 32 heavy (non-hydrogen) atoms. The SMILES string of the molecule is CC(C)C(Oc1ccccc1C#N)C(=O)N(C)CCCC1CC(c2ccc(F)cc2)NN1. The molecule has 2 aromatic rings. The number of para-hydroxylation sites is 1. The molecule has 1 fully saturated rings.